The number of fused-ring (bicyclic) bond motifs is 1. The number of nitrogens with zero attached hydrogens (tertiary/aromatic N) is 1. The van der Waals surface area contributed by atoms with Crippen LogP contribution in [0, 0.1) is 0 Å². The molecule has 2 rings (SSSR count). The number of benzene rings is 1. The third kappa shape index (κ3) is 3.45. The van der Waals surface area contributed by atoms with E-state index in [0.29, 0.717) is 5.56 Å². The lowest BCUT2D eigenvalue weighted by Crippen LogP contribution is -2.40. The van der Waals surface area contributed by atoms with E-state index in [1.807, 2.05) is 44.2 Å². The van der Waals surface area contributed by atoms with E-state index in [1.54, 1.807) is 7.11 Å². The first kappa shape index (κ1) is 16.4. The highest BCUT2D eigenvalue weighted by atomic mass is 16.5. The minimum Gasteiger partial charge on any atom is -0.380 e. The summed E-state index contributed by atoms with van der Waals surface area (Å²) >= 11 is 0. The monoisotopic (exact) mass is 300 g/mol. The lowest BCUT2D eigenvalue weighted by Gasteiger charge is -2.20. The van der Waals surface area contributed by atoms with Crippen molar-refractivity contribution >= 4 is 16.8 Å². The molecule has 0 bridgehead atoms. The second-order valence-electron chi connectivity index (χ2n) is 5.97. The van der Waals surface area contributed by atoms with Crippen molar-refractivity contribution in [2.75, 3.05) is 7.11 Å². The number of amides is 1. The quantitative estimate of drug-likeness (QED) is 0.919. The van der Waals surface area contributed by atoms with Crippen LogP contribution in [0.15, 0.2) is 30.3 Å². The maximum absolute atomic E-state index is 12.7. The summed E-state index contributed by atoms with van der Waals surface area (Å²) in [5.74, 6) is 0.184. The molecule has 22 heavy (non-hydrogen) atoms. The summed E-state index contributed by atoms with van der Waals surface area (Å²) in [7, 11) is 1.64. The Balaban J connectivity index is 2.42. The predicted molar refractivity (Wildman–Crippen MR) is 89.2 cm³/mol. The van der Waals surface area contributed by atoms with Crippen LogP contribution >= 0.6 is 0 Å². The van der Waals surface area contributed by atoms with Crippen LogP contribution in [-0.4, -0.2) is 30.1 Å². The number of carbonyl (C=O) groups excluding carboxylic acids is 1. The molecule has 0 aliphatic rings. The molecular formula is C18H24N2O2. The molecule has 0 saturated carbocycles. The van der Waals surface area contributed by atoms with E-state index in [-0.39, 0.29) is 24.0 Å². The fourth-order valence-electron chi connectivity index (χ4n) is 2.29. The standard InChI is InChI=1S/C18H24N2O2/c1-11(2)17-10-15(14-8-6-7-9-16(14)20-17)18(21)19-12(3)13(4)22-5/h6-13H,1-5H3,(H,19,21)/t12-,13-/m0/s1. The van der Waals surface area contributed by atoms with Gasteiger partial charge in [0.2, 0.25) is 0 Å². The van der Waals surface area contributed by atoms with Gasteiger partial charge in [-0.05, 0) is 31.9 Å². The van der Waals surface area contributed by atoms with Crippen molar-refractivity contribution in [2.24, 2.45) is 0 Å². The summed E-state index contributed by atoms with van der Waals surface area (Å²) in [6.07, 6.45) is -0.0402. The molecular weight excluding hydrogens is 276 g/mol. The number of methoxy groups -OCH3 is 1. The Morgan fingerprint density at radius 1 is 1.18 bits per heavy atom. The van der Waals surface area contributed by atoms with Crippen molar-refractivity contribution in [3.8, 4) is 0 Å². The molecule has 4 nitrogen and oxygen atoms in total. The highest BCUT2D eigenvalue weighted by Gasteiger charge is 2.18. The lowest BCUT2D eigenvalue weighted by atomic mass is 10.0. The van der Waals surface area contributed by atoms with Crippen LogP contribution in [0.1, 0.15) is 49.7 Å². The highest BCUT2D eigenvalue weighted by Crippen LogP contribution is 2.22. The molecule has 0 aliphatic heterocycles. The summed E-state index contributed by atoms with van der Waals surface area (Å²) in [4.78, 5) is 17.3. The molecule has 0 fully saturated rings. The van der Waals surface area contributed by atoms with Gasteiger partial charge in [-0.2, -0.15) is 0 Å². The first-order valence-corrected chi connectivity index (χ1v) is 7.67. The van der Waals surface area contributed by atoms with Crippen molar-refractivity contribution in [1.82, 2.24) is 10.3 Å². The van der Waals surface area contributed by atoms with Crippen LogP contribution in [-0.2, 0) is 4.74 Å². The van der Waals surface area contributed by atoms with Crippen LogP contribution in [0.3, 0.4) is 0 Å². The number of rotatable bonds is 5. The molecule has 4 heteroatoms. The van der Waals surface area contributed by atoms with Crippen LogP contribution in [0.25, 0.3) is 10.9 Å². The Bertz CT molecular complexity index is 667. The van der Waals surface area contributed by atoms with Gasteiger partial charge in [0.1, 0.15) is 0 Å². The van der Waals surface area contributed by atoms with Gasteiger partial charge in [0.25, 0.3) is 5.91 Å². The molecule has 0 aliphatic carbocycles. The number of para-hydroxylation sites is 1. The third-order valence-electron chi connectivity index (χ3n) is 4.01. The SMILES string of the molecule is CO[C@@H](C)[C@H](C)NC(=O)c1cc(C(C)C)nc2ccccc12. The molecule has 0 unspecified atom stereocenters. The maximum atomic E-state index is 12.7. The summed E-state index contributed by atoms with van der Waals surface area (Å²) < 4.78 is 5.27. The number of hydrogen-bond donors (Lipinski definition) is 1. The minimum absolute atomic E-state index is 0.0402. The summed E-state index contributed by atoms with van der Waals surface area (Å²) in [5.41, 5.74) is 2.45. The van der Waals surface area contributed by atoms with Crippen LogP contribution < -0.4 is 5.32 Å². The zero-order valence-electron chi connectivity index (χ0n) is 13.9. The minimum atomic E-state index is -0.0862. The molecule has 2 aromatic rings. The van der Waals surface area contributed by atoms with Crippen molar-refractivity contribution in [3.63, 3.8) is 0 Å². The molecule has 1 aromatic heterocycles. The Morgan fingerprint density at radius 3 is 2.50 bits per heavy atom. The Labute approximate surface area is 131 Å². The Kier molecular flexibility index (Phi) is 5.14. The van der Waals surface area contributed by atoms with Gasteiger partial charge in [0.15, 0.2) is 0 Å². The van der Waals surface area contributed by atoms with Gasteiger partial charge in [-0.25, -0.2) is 0 Å². The number of ether oxygens (including phenoxy) is 1. The van der Waals surface area contributed by atoms with E-state index in [9.17, 15) is 4.79 Å². The topological polar surface area (TPSA) is 51.2 Å². The van der Waals surface area contributed by atoms with Crippen LogP contribution in [0.5, 0.6) is 0 Å². The van der Waals surface area contributed by atoms with E-state index in [1.165, 1.54) is 0 Å². The van der Waals surface area contributed by atoms with Gasteiger partial charge in [0, 0.05) is 18.2 Å². The summed E-state index contributed by atoms with van der Waals surface area (Å²) in [6, 6.07) is 9.58. The Hall–Kier alpha value is -1.94. The first-order chi connectivity index (χ1) is 10.4. The van der Waals surface area contributed by atoms with Crippen molar-refractivity contribution in [1.29, 1.82) is 0 Å². The second-order valence-corrected chi connectivity index (χ2v) is 5.97. The molecule has 1 amide bonds. The molecule has 0 saturated heterocycles. The predicted octanol–water partition coefficient (Wildman–Crippen LogP) is 3.51. The van der Waals surface area contributed by atoms with E-state index in [2.05, 4.69) is 24.1 Å². The average molecular weight is 300 g/mol. The van der Waals surface area contributed by atoms with E-state index in [0.717, 1.165) is 16.6 Å². The number of aromatic nitrogens is 1. The van der Waals surface area contributed by atoms with Gasteiger partial charge in [0.05, 0.1) is 23.2 Å². The van der Waals surface area contributed by atoms with Crippen LogP contribution in [0.4, 0.5) is 0 Å². The lowest BCUT2D eigenvalue weighted by molar-refractivity contribution is 0.0736. The zero-order valence-corrected chi connectivity index (χ0v) is 13.9. The van der Waals surface area contributed by atoms with Crippen molar-refractivity contribution in [2.45, 2.75) is 45.8 Å². The highest BCUT2D eigenvalue weighted by molar-refractivity contribution is 6.06. The second kappa shape index (κ2) is 6.88. The molecule has 118 valence electrons. The van der Waals surface area contributed by atoms with E-state index >= 15 is 0 Å². The van der Waals surface area contributed by atoms with Gasteiger partial charge in [-0.3, -0.25) is 9.78 Å². The number of carbonyl (C=O) groups is 1. The first-order valence-electron chi connectivity index (χ1n) is 7.67. The van der Waals surface area contributed by atoms with Gasteiger partial charge in [-0.1, -0.05) is 32.0 Å². The smallest absolute Gasteiger partial charge is 0.252 e. The van der Waals surface area contributed by atoms with Crippen molar-refractivity contribution in [3.05, 3.63) is 41.6 Å². The Morgan fingerprint density at radius 2 is 1.86 bits per heavy atom. The molecule has 0 spiro atoms. The molecule has 1 heterocycles. The number of pyridine rings is 1. The molecule has 1 aromatic carbocycles. The molecule has 1 N–H and O–H groups in total. The summed E-state index contributed by atoms with van der Waals surface area (Å²) in [6.45, 7) is 8.04. The third-order valence-corrected chi connectivity index (χ3v) is 4.01. The fourth-order valence-corrected chi connectivity index (χ4v) is 2.29. The zero-order chi connectivity index (χ0) is 16.3. The number of hydrogen-bond acceptors (Lipinski definition) is 3. The van der Waals surface area contributed by atoms with Crippen molar-refractivity contribution < 1.29 is 9.53 Å². The maximum Gasteiger partial charge on any atom is 0.252 e. The average Bonchev–Trinajstić information content (AvgIpc) is 2.52. The normalized spacial score (nSPS) is 14.1. The van der Waals surface area contributed by atoms with Crippen LogP contribution in [0.2, 0.25) is 0 Å². The fraction of sp³-hybridized carbons (Fsp3) is 0.444. The van der Waals surface area contributed by atoms with E-state index < -0.39 is 0 Å². The van der Waals surface area contributed by atoms with Gasteiger partial charge in [-0.15, -0.1) is 0 Å². The van der Waals surface area contributed by atoms with Gasteiger partial charge < -0.3 is 10.1 Å². The molecule has 0 radical (unpaired) electrons. The molecule has 2 atom stereocenters. The van der Waals surface area contributed by atoms with E-state index in [4.69, 9.17) is 4.74 Å². The van der Waals surface area contributed by atoms with Gasteiger partial charge >= 0.3 is 0 Å². The summed E-state index contributed by atoms with van der Waals surface area (Å²) in [5, 5.41) is 3.89. The largest absolute Gasteiger partial charge is 0.380 e. The number of nitrogens with one attached hydrogen (secondary N) is 1.